The van der Waals surface area contributed by atoms with Crippen molar-refractivity contribution in [2.45, 2.75) is 57.9 Å². The molecular formula is C16H30N4O6S. The molecule has 0 aromatic carbocycles. The lowest BCUT2D eigenvalue weighted by atomic mass is 10.1. The number of Topliss-reactive ketones (excluding diaryl/α,β-unsaturated/α-hetero) is 1. The highest BCUT2D eigenvalue weighted by atomic mass is 32.2. The highest BCUT2D eigenvalue weighted by molar-refractivity contribution is 7.89. The molecule has 0 bridgehead atoms. The average molecular weight is 407 g/mol. The standard InChI is InChI=1S/C16H30N4O6S/c1-3-4-5-8-15(16(22)25-2)19-27(23,24)13-6-7-14(21)9-11-26-12-10-18-20-17/h15,19H,3-13H2,1-2H3/t15-/m0/s1. The average Bonchev–Trinajstić information content (AvgIpc) is 2.63. The highest BCUT2D eigenvalue weighted by Gasteiger charge is 2.24. The summed E-state index contributed by atoms with van der Waals surface area (Å²) < 4.78 is 36.4. The fourth-order valence-electron chi connectivity index (χ4n) is 2.26. The Morgan fingerprint density at radius 2 is 1.93 bits per heavy atom. The topological polar surface area (TPSA) is 148 Å². The number of sulfonamides is 1. The van der Waals surface area contributed by atoms with E-state index in [-0.39, 0.29) is 50.6 Å². The maximum atomic E-state index is 12.1. The lowest BCUT2D eigenvalue weighted by molar-refractivity contribution is -0.142. The molecule has 0 amide bonds. The largest absolute Gasteiger partial charge is 0.468 e. The molecule has 0 aliphatic rings. The third-order valence-corrected chi connectivity index (χ3v) is 5.17. The number of methoxy groups -OCH3 is 1. The molecule has 0 aliphatic heterocycles. The molecule has 1 atom stereocenters. The van der Waals surface area contributed by atoms with Crippen LogP contribution in [-0.2, 0) is 29.1 Å². The van der Waals surface area contributed by atoms with Crippen molar-refractivity contribution in [1.82, 2.24) is 4.72 Å². The predicted octanol–water partition coefficient (Wildman–Crippen LogP) is 2.09. The number of ketones is 1. The van der Waals surface area contributed by atoms with E-state index in [1.165, 1.54) is 7.11 Å². The van der Waals surface area contributed by atoms with Gasteiger partial charge in [0.25, 0.3) is 0 Å². The summed E-state index contributed by atoms with van der Waals surface area (Å²) in [5.74, 6) is -0.956. The number of unbranched alkanes of at least 4 members (excludes halogenated alkanes) is 2. The molecule has 0 spiro atoms. The van der Waals surface area contributed by atoms with E-state index in [1.54, 1.807) is 0 Å². The van der Waals surface area contributed by atoms with E-state index in [4.69, 9.17) is 10.3 Å². The van der Waals surface area contributed by atoms with Gasteiger partial charge in [0, 0.05) is 24.3 Å². The normalized spacial score (nSPS) is 12.2. The molecule has 0 fully saturated rings. The molecule has 0 saturated heterocycles. The fraction of sp³-hybridized carbons (Fsp3) is 0.875. The van der Waals surface area contributed by atoms with Crippen LogP contribution < -0.4 is 4.72 Å². The SMILES string of the molecule is CCCCC[C@H](NS(=O)(=O)CCCC(=O)CCOCCN=[N+]=[N-])C(=O)OC. The maximum absolute atomic E-state index is 12.1. The van der Waals surface area contributed by atoms with Gasteiger partial charge in [0.15, 0.2) is 0 Å². The van der Waals surface area contributed by atoms with Crippen LogP contribution in [0.2, 0.25) is 0 Å². The van der Waals surface area contributed by atoms with Crippen molar-refractivity contribution >= 4 is 21.8 Å². The van der Waals surface area contributed by atoms with Gasteiger partial charge in [-0.3, -0.25) is 9.59 Å². The zero-order valence-electron chi connectivity index (χ0n) is 16.1. The van der Waals surface area contributed by atoms with Gasteiger partial charge in [-0.05, 0) is 18.4 Å². The summed E-state index contributed by atoms with van der Waals surface area (Å²) in [6.07, 6.45) is 3.40. The van der Waals surface area contributed by atoms with Crippen LogP contribution in [-0.4, -0.2) is 58.8 Å². The lowest BCUT2D eigenvalue weighted by Crippen LogP contribution is -2.42. The van der Waals surface area contributed by atoms with Gasteiger partial charge in [-0.1, -0.05) is 31.3 Å². The van der Waals surface area contributed by atoms with E-state index in [0.29, 0.717) is 6.42 Å². The number of carbonyl (C=O) groups excluding carboxylic acids is 2. The number of esters is 1. The van der Waals surface area contributed by atoms with Gasteiger partial charge in [0.1, 0.15) is 11.8 Å². The molecule has 11 heteroatoms. The summed E-state index contributed by atoms with van der Waals surface area (Å²) in [4.78, 5) is 26.0. The molecule has 156 valence electrons. The summed E-state index contributed by atoms with van der Waals surface area (Å²) in [5.41, 5.74) is 8.10. The minimum atomic E-state index is -3.68. The van der Waals surface area contributed by atoms with Crippen LogP contribution in [0.1, 0.15) is 51.9 Å². The van der Waals surface area contributed by atoms with Crippen LogP contribution in [0.3, 0.4) is 0 Å². The molecule has 0 saturated carbocycles. The quantitative estimate of drug-likeness (QED) is 0.129. The predicted molar refractivity (Wildman–Crippen MR) is 101 cm³/mol. The smallest absolute Gasteiger partial charge is 0.323 e. The second kappa shape index (κ2) is 15.4. The van der Waals surface area contributed by atoms with Crippen molar-refractivity contribution in [2.75, 3.05) is 32.6 Å². The molecule has 0 aromatic rings. The Kier molecular flexibility index (Phi) is 14.4. The first-order chi connectivity index (χ1) is 12.9. The zero-order valence-corrected chi connectivity index (χ0v) is 16.9. The van der Waals surface area contributed by atoms with Crippen molar-refractivity contribution in [2.24, 2.45) is 5.11 Å². The van der Waals surface area contributed by atoms with Crippen molar-refractivity contribution < 1.29 is 27.5 Å². The number of rotatable bonds is 17. The Morgan fingerprint density at radius 1 is 1.19 bits per heavy atom. The summed E-state index contributed by atoms with van der Waals surface area (Å²) in [6.45, 7) is 2.66. The second-order valence-electron chi connectivity index (χ2n) is 5.97. The maximum Gasteiger partial charge on any atom is 0.323 e. The number of nitrogens with zero attached hydrogens (tertiary/aromatic N) is 3. The number of hydrogen-bond acceptors (Lipinski definition) is 7. The number of hydrogen-bond donors (Lipinski definition) is 1. The van der Waals surface area contributed by atoms with E-state index in [9.17, 15) is 18.0 Å². The molecule has 0 unspecified atom stereocenters. The lowest BCUT2D eigenvalue weighted by Gasteiger charge is -2.16. The van der Waals surface area contributed by atoms with E-state index >= 15 is 0 Å². The van der Waals surface area contributed by atoms with Crippen LogP contribution >= 0.6 is 0 Å². The second-order valence-corrected chi connectivity index (χ2v) is 7.84. The Labute approximate surface area is 160 Å². The summed E-state index contributed by atoms with van der Waals surface area (Å²) in [6, 6.07) is -0.897. The van der Waals surface area contributed by atoms with Crippen molar-refractivity contribution in [3.8, 4) is 0 Å². The van der Waals surface area contributed by atoms with E-state index in [0.717, 1.165) is 19.3 Å². The minimum Gasteiger partial charge on any atom is -0.468 e. The van der Waals surface area contributed by atoms with Crippen LogP contribution in [0.15, 0.2) is 5.11 Å². The van der Waals surface area contributed by atoms with Crippen LogP contribution in [0.25, 0.3) is 10.4 Å². The molecule has 0 aromatic heterocycles. The summed E-state index contributed by atoms with van der Waals surface area (Å²) in [5, 5.41) is 3.29. The molecule has 0 rings (SSSR count). The first-order valence-corrected chi connectivity index (χ1v) is 10.7. The van der Waals surface area contributed by atoms with Crippen LogP contribution in [0, 0.1) is 0 Å². The van der Waals surface area contributed by atoms with Gasteiger partial charge in [-0.2, -0.15) is 0 Å². The number of nitrogens with one attached hydrogen (secondary N) is 1. The highest BCUT2D eigenvalue weighted by Crippen LogP contribution is 2.08. The number of carbonyl (C=O) groups is 2. The fourth-order valence-corrected chi connectivity index (χ4v) is 3.55. The van der Waals surface area contributed by atoms with Crippen LogP contribution in [0.5, 0.6) is 0 Å². The van der Waals surface area contributed by atoms with Gasteiger partial charge in [-0.25, -0.2) is 13.1 Å². The molecular weight excluding hydrogens is 376 g/mol. The minimum absolute atomic E-state index is 0.110. The third-order valence-electron chi connectivity index (χ3n) is 3.70. The summed E-state index contributed by atoms with van der Waals surface area (Å²) >= 11 is 0. The summed E-state index contributed by atoms with van der Waals surface area (Å²) in [7, 11) is -2.47. The Bertz CT molecular complexity index is 590. The first kappa shape index (κ1) is 25.3. The molecule has 0 aliphatic carbocycles. The third kappa shape index (κ3) is 14.1. The van der Waals surface area contributed by atoms with Crippen molar-refractivity contribution in [1.29, 1.82) is 0 Å². The van der Waals surface area contributed by atoms with Gasteiger partial charge >= 0.3 is 5.97 Å². The monoisotopic (exact) mass is 406 g/mol. The zero-order chi connectivity index (χ0) is 20.5. The van der Waals surface area contributed by atoms with Gasteiger partial charge < -0.3 is 9.47 Å². The number of azide groups is 1. The van der Waals surface area contributed by atoms with E-state index in [1.807, 2.05) is 6.92 Å². The van der Waals surface area contributed by atoms with E-state index < -0.39 is 22.0 Å². The molecule has 10 nitrogen and oxygen atoms in total. The van der Waals surface area contributed by atoms with Crippen LogP contribution in [0.4, 0.5) is 0 Å². The molecule has 0 heterocycles. The first-order valence-electron chi connectivity index (χ1n) is 9.04. The Hall–Kier alpha value is -1.68. The van der Waals surface area contributed by atoms with Gasteiger partial charge in [0.05, 0.1) is 26.1 Å². The van der Waals surface area contributed by atoms with E-state index in [2.05, 4.69) is 19.5 Å². The van der Waals surface area contributed by atoms with Crippen molar-refractivity contribution in [3.63, 3.8) is 0 Å². The Balaban J connectivity index is 4.19. The molecule has 0 radical (unpaired) electrons. The van der Waals surface area contributed by atoms with Crippen molar-refractivity contribution in [3.05, 3.63) is 10.4 Å². The Morgan fingerprint density at radius 3 is 2.56 bits per heavy atom. The molecule has 1 N–H and O–H groups in total. The van der Waals surface area contributed by atoms with Gasteiger partial charge in [0.2, 0.25) is 10.0 Å². The number of ether oxygens (including phenoxy) is 2. The van der Waals surface area contributed by atoms with Gasteiger partial charge in [-0.15, -0.1) is 0 Å². The molecule has 27 heavy (non-hydrogen) atoms.